The Morgan fingerprint density at radius 1 is 1.06 bits per heavy atom. The van der Waals surface area contributed by atoms with Gasteiger partial charge in [0.2, 0.25) is 10.0 Å². The van der Waals surface area contributed by atoms with Crippen molar-refractivity contribution < 1.29 is 28.1 Å². The summed E-state index contributed by atoms with van der Waals surface area (Å²) in [6.45, 7) is 2.21. The molecule has 1 unspecified atom stereocenters. The normalized spacial score (nSPS) is 16.7. The summed E-state index contributed by atoms with van der Waals surface area (Å²) in [5.41, 5.74) is 0. The van der Waals surface area contributed by atoms with Crippen LogP contribution in [0.5, 0.6) is 17.2 Å². The van der Waals surface area contributed by atoms with Gasteiger partial charge in [0.25, 0.3) is 0 Å². The number of methoxy groups -OCH3 is 1. The van der Waals surface area contributed by atoms with E-state index in [1.165, 1.54) is 16.4 Å². The maximum atomic E-state index is 12.8. The lowest BCUT2D eigenvalue weighted by atomic mass is 9.98. The number of aliphatic hydroxyl groups is 1. The Bertz CT molecular complexity index is 910. The molecule has 170 valence electrons. The van der Waals surface area contributed by atoms with Gasteiger partial charge >= 0.3 is 0 Å². The quantitative estimate of drug-likeness (QED) is 0.507. The first-order chi connectivity index (χ1) is 14.9. The molecule has 3 N–H and O–H groups in total. The van der Waals surface area contributed by atoms with Crippen LogP contribution < -0.4 is 14.8 Å². The molecular formula is C22H30N2O6S. The first-order valence-electron chi connectivity index (χ1n) is 10.3. The van der Waals surface area contributed by atoms with Gasteiger partial charge in [0.05, 0.1) is 12.0 Å². The molecule has 1 fully saturated rings. The lowest BCUT2D eigenvalue weighted by Crippen LogP contribution is -2.42. The summed E-state index contributed by atoms with van der Waals surface area (Å²) in [6, 6.07) is 12.8. The Labute approximate surface area is 183 Å². The molecule has 1 aliphatic rings. The van der Waals surface area contributed by atoms with E-state index < -0.39 is 16.1 Å². The lowest BCUT2D eigenvalue weighted by Gasteiger charge is -2.31. The maximum absolute atomic E-state index is 12.8. The van der Waals surface area contributed by atoms with Crippen LogP contribution in [0.25, 0.3) is 0 Å². The average molecular weight is 451 g/mol. The number of aliphatic hydroxyl groups excluding tert-OH is 1. The van der Waals surface area contributed by atoms with Gasteiger partial charge in [0, 0.05) is 19.6 Å². The third-order valence-corrected chi connectivity index (χ3v) is 7.28. The van der Waals surface area contributed by atoms with Gasteiger partial charge in [-0.1, -0.05) is 0 Å². The predicted octanol–water partition coefficient (Wildman–Crippen LogP) is 1.83. The van der Waals surface area contributed by atoms with Gasteiger partial charge in [0.15, 0.2) is 0 Å². The van der Waals surface area contributed by atoms with Gasteiger partial charge in [-0.3, -0.25) is 0 Å². The first-order valence-corrected chi connectivity index (χ1v) is 11.8. The third-order valence-electron chi connectivity index (χ3n) is 5.36. The molecule has 0 saturated carbocycles. The zero-order chi connectivity index (χ0) is 22.3. The molecule has 31 heavy (non-hydrogen) atoms. The monoisotopic (exact) mass is 450 g/mol. The molecule has 0 aromatic heterocycles. The molecule has 2 aromatic carbocycles. The van der Waals surface area contributed by atoms with Crippen molar-refractivity contribution in [3.05, 3.63) is 48.5 Å². The summed E-state index contributed by atoms with van der Waals surface area (Å²) < 4.78 is 37.7. The van der Waals surface area contributed by atoms with Crippen molar-refractivity contribution in [2.75, 3.05) is 39.9 Å². The van der Waals surface area contributed by atoms with E-state index in [0.29, 0.717) is 43.6 Å². The number of nitrogens with zero attached hydrogens (tertiary/aromatic N) is 1. The Balaban J connectivity index is 1.37. The van der Waals surface area contributed by atoms with Crippen molar-refractivity contribution in [3.63, 3.8) is 0 Å². The highest BCUT2D eigenvalue weighted by atomic mass is 32.2. The number of piperidine rings is 1. The van der Waals surface area contributed by atoms with E-state index in [1.807, 2.05) is 0 Å². The summed E-state index contributed by atoms with van der Waals surface area (Å²) in [4.78, 5) is 0.279. The second-order valence-electron chi connectivity index (χ2n) is 7.64. The fourth-order valence-electron chi connectivity index (χ4n) is 3.50. The van der Waals surface area contributed by atoms with Gasteiger partial charge in [-0.15, -0.1) is 0 Å². The van der Waals surface area contributed by atoms with Crippen LogP contribution >= 0.6 is 0 Å². The van der Waals surface area contributed by atoms with E-state index in [2.05, 4.69) is 5.32 Å². The van der Waals surface area contributed by atoms with E-state index in [1.54, 1.807) is 43.5 Å². The predicted molar refractivity (Wildman–Crippen MR) is 117 cm³/mol. The number of rotatable bonds is 10. The minimum absolute atomic E-state index is 0.149. The summed E-state index contributed by atoms with van der Waals surface area (Å²) in [6.07, 6.45) is 0.870. The van der Waals surface area contributed by atoms with Crippen LogP contribution in [0.3, 0.4) is 0 Å². The Morgan fingerprint density at radius 3 is 2.29 bits per heavy atom. The molecule has 8 nitrogen and oxygen atoms in total. The minimum Gasteiger partial charge on any atom is -0.508 e. The molecule has 1 aliphatic heterocycles. The molecule has 0 aliphatic carbocycles. The highest BCUT2D eigenvalue weighted by Crippen LogP contribution is 2.25. The molecule has 2 aromatic rings. The number of hydrogen-bond donors (Lipinski definition) is 3. The van der Waals surface area contributed by atoms with E-state index in [0.717, 1.165) is 12.8 Å². The largest absolute Gasteiger partial charge is 0.508 e. The molecule has 9 heteroatoms. The van der Waals surface area contributed by atoms with Crippen molar-refractivity contribution in [3.8, 4) is 17.2 Å². The zero-order valence-corrected chi connectivity index (χ0v) is 18.4. The van der Waals surface area contributed by atoms with Crippen LogP contribution in [0.2, 0.25) is 0 Å². The fourth-order valence-corrected chi connectivity index (χ4v) is 4.97. The summed E-state index contributed by atoms with van der Waals surface area (Å²) in [7, 11) is -1.95. The molecule has 1 atom stereocenters. The standard InChI is InChI=1S/C22H30N2O6S/c1-29-20-6-8-22(9-7-20)31(27,28)24-12-10-17(11-13-24)14-23-15-19(26)16-30-21-4-2-18(25)3-5-21/h2-9,17,19,23,25-26H,10-16H2,1H3. The highest BCUT2D eigenvalue weighted by Gasteiger charge is 2.29. The molecule has 1 saturated heterocycles. The van der Waals surface area contributed by atoms with E-state index in [4.69, 9.17) is 9.47 Å². The van der Waals surface area contributed by atoms with Crippen molar-refractivity contribution in [2.45, 2.75) is 23.8 Å². The smallest absolute Gasteiger partial charge is 0.243 e. The van der Waals surface area contributed by atoms with Gasteiger partial charge in [0.1, 0.15) is 30.0 Å². The van der Waals surface area contributed by atoms with Crippen LogP contribution in [0, 0.1) is 5.92 Å². The van der Waals surface area contributed by atoms with Crippen molar-refractivity contribution in [2.24, 2.45) is 5.92 Å². The van der Waals surface area contributed by atoms with Crippen LogP contribution in [0.4, 0.5) is 0 Å². The maximum Gasteiger partial charge on any atom is 0.243 e. The second kappa shape index (κ2) is 10.8. The number of benzene rings is 2. The van der Waals surface area contributed by atoms with Crippen LogP contribution in [0.15, 0.2) is 53.4 Å². The summed E-state index contributed by atoms with van der Waals surface area (Å²) in [5.74, 6) is 1.73. The molecule has 1 heterocycles. The molecule has 0 radical (unpaired) electrons. The van der Waals surface area contributed by atoms with E-state index in [9.17, 15) is 18.6 Å². The topological polar surface area (TPSA) is 108 Å². The van der Waals surface area contributed by atoms with Crippen LogP contribution in [0.1, 0.15) is 12.8 Å². The highest BCUT2D eigenvalue weighted by molar-refractivity contribution is 7.89. The summed E-state index contributed by atoms with van der Waals surface area (Å²) >= 11 is 0. The number of hydrogen-bond acceptors (Lipinski definition) is 7. The van der Waals surface area contributed by atoms with Gasteiger partial charge in [-0.25, -0.2) is 8.42 Å². The summed E-state index contributed by atoms with van der Waals surface area (Å²) in [5, 5.41) is 22.6. The number of nitrogens with one attached hydrogen (secondary N) is 1. The lowest BCUT2D eigenvalue weighted by molar-refractivity contribution is 0.104. The average Bonchev–Trinajstić information content (AvgIpc) is 2.79. The van der Waals surface area contributed by atoms with Crippen molar-refractivity contribution in [1.29, 1.82) is 0 Å². The van der Waals surface area contributed by atoms with E-state index >= 15 is 0 Å². The first kappa shape index (κ1) is 23.3. The minimum atomic E-state index is -3.50. The van der Waals surface area contributed by atoms with Gasteiger partial charge < -0.3 is 25.0 Å². The zero-order valence-electron chi connectivity index (χ0n) is 17.6. The van der Waals surface area contributed by atoms with Crippen molar-refractivity contribution >= 4 is 10.0 Å². The van der Waals surface area contributed by atoms with Gasteiger partial charge in [-0.05, 0) is 73.8 Å². The van der Waals surface area contributed by atoms with Crippen LogP contribution in [-0.2, 0) is 10.0 Å². The molecule has 3 rings (SSSR count). The molecular weight excluding hydrogens is 420 g/mol. The number of aromatic hydroxyl groups is 1. The Morgan fingerprint density at radius 2 is 1.68 bits per heavy atom. The second-order valence-corrected chi connectivity index (χ2v) is 9.58. The molecule has 0 bridgehead atoms. The molecule has 0 spiro atoms. The number of sulfonamides is 1. The number of phenols is 1. The molecule has 0 amide bonds. The SMILES string of the molecule is COc1ccc(S(=O)(=O)N2CCC(CNCC(O)COc3ccc(O)cc3)CC2)cc1. The van der Waals surface area contributed by atoms with Crippen molar-refractivity contribution in [1.82, 2.24) is 9.62 Å². The fraction of sp³-hybridized carbons (Fsp3) is 0.455. The van der Waals surface area contributed by atoms with Crippen LogP contribution in [-0.4, -0.2) is 68.9 Å². The number of ether oxygens (including phenoxy) is 2. The Hall–Kier alpha value is -2.33. The Kier molecular flexibility index (Phi) is 8.14. The number of phenolic OH excluding ortho intramolecular Hbond substituents is 1. The third kappa shape index (κ3) is 6.57. The van der Waals surface area contributed by atoms with Gasteiger partial charge in [-0.2, -0.15) is 4.31 Å². The van der Waals surface area contributed by atoms with E-state index in [-0.39, 0.29) is 17.3 Å².